The Bertz CT molecular complexity index is 449. The van der Waals surface area contributed by atoms with Crippen LogP contribution in [0.5, 0.6) is 0 Å². The molecule has 4 nitrogen and oxygen atoms in total. The molecule has 1 atom stereocenters. The molecule has 0 aliphatic rings. The van der Waals surface area contributed by atoms with Crippen molar-refractivity contribution in [3.63, 3.8) is 0 Å². The largest absolute Gasteiger partial charge is 0.311 e. The first-order valence-corrected chi connectivity index (χ1v) is 5.93. The minimum absolute atomic E-state index is 0.241. The molecule has 0 saturated heterocycles. The van der Waals surface area contributed by atoms with Crippen LogP contribution in [-0.4, -0.2) is 21.8 Å². The number of hydrogen-bond acceptors (Lipinski definition) is 3. The molecule has 2 heterocycles. The van der Waals surface area contributed by atoms with Crippen LogP contribution in [-0.2, 0) is 13.0 Å². The Morgan fingerprint density at radius 2 is 2.29 bits per heavy atom. The smallest absolute Gasteiger partial charge is 0.0576 e. The molecule has 2 rings (SSSR count). The van der Waals surface area contributed by atoms with Crippen LogP contribution in [0.25, 0.3) is 0 Å². The van der Waals surface area contributed by atoms with E-state index in [2.05, 4.69) is 28.5 Å². The van der Waals surface area contributed by atoms with Crippen LogP contribution in [0.15, 0.2) is 36.8 Å². The van der Waals surface area contributed by atoms with Crippen molar-refractivity contribution in [1.29, 1.82) is 0 Å². The maximum Gasteiger partial charge on any atom is 0.0576 e. The van der Waals surface area contributed by atoms with Gasteiger partial charge in [-0.2, -0.15) is 5.10 Å². The summed E-state index contributed by atoms with van der Waals surface area (Å²) in [6, 6.07) is 6.24. The first kappa shape index (κ1) is 11.8. The maximum absolute atomic E-state index is 4.38. The van der Waals surface area contributed by atoms with Crippen LogP contribution < -0.4 is 5.32 Å². The van der Waals surface area contributed by atoms with Gasteiger partial charge in [-0.3, -0.25) is 9.67 Å². The van der Waals surface area contributed by atoms with E-state index in [1.807, 2.05) is 42.3 Å². The SMILES string of the molecule is CCn1cc(CC(NC)c2ccccn2)cn1. The van der Waals surface area contributed by atoms with E-state index in [4.69, 9.17) is 0 Å². The first-order valence-electron chi connectivity index (χ1n) is 5.93. The first-order chi connectivity index (χ1) is 8.33. The van der Waals surface area contributed by atoms with Crippen molar-refractivity contribution < 1.29 is 0 Å². The van der Waals surface area contributed by atoms with E-state index < -0.39 is 0 Å². The second kappa shape index (κ2) is 5.59. The van der Waals surface area contributed by atoms with Gasteiger partial charge in [0, 0.05) is 18.9 Å². The van der Waals surface area contributed by atoms with Gasteiger partial charge in [0.1, 0.15) is 0 Å². The molecule has 2 aromatic rings. The fourth-order valence-electron chi connectivity index (χ4n) is 1.86. The zero-order chi connectivity index (χ0) is 12.1. The zero-order valence-electron chi connectivity index (χ0n) is 10.3. The fourth-order valence-corrected chi connectivity index (χ4v) is 1.86. The number of aryl methyl sites for hydroxylation is 1. The molecule has 0 aliphatic heterocycles. The van der Waals surface area contributed by atoms with Crippen LogP contribution in [0.3, 0.4) is 0 Å². The van der Waals surface area contributed by atoms with E-state index in [9.17, 15) is 0 Å². The maximum atomic E-state index is 4.38. The topological polar surface area (TPSA) is 42.7 Å². The van der Waals surface area contributed by atoms with E-state index in [1.165, 1.54) is 5.56 Å². The number of hydrogen-bond donors (Lipinski definition) is 1. The van der Waals surface area contributed by atoms with Crippen molar-refractivity contribution in [3.05, 3.63) is 48.0 Å². The van der Waals surface area contributed by atoms with E-state index >= 15 is 0 Å². The highest BCUT2D eigenvalue weighted by molar-refractivity contribution is 5.14. The van der Waals surface area contributed by atoms with Gasteiger partial charge in [0.2, 0.25) is 0 Å². The van der Waals surface area contributed by atoms with Crippen molar-refractivity contribution in [1.82, 2.24) is 20.1 Å². The van der Waals surface area contributed by atoms with Gasteiger partial charge in [-0.25, -0.2) is 0 Å². The van der Waals surface area contributed by atoms with Gasteiger partial charge in [0.05, 0.1) is 17.9 Å². The summed E-state index contributed by atoms with van der Waals surface area (Å²) in [6.45, 7) is 3.00. The lowest BCUT2D eigenvalue weighted by Crippen LogP contribution is -2.19. The molecule has 17 heavy (non-hydrogen) atoms. The van der Waals surface area contributed by atoms with Gasteiger partial charge in [-0.1, -0.05) is 6.07 Å². The number of aromatic nitrogens is 3. The monoisotopic (exact) mass is 230 g/mol. The molecule has 0 bridgehead atoms. The summed E-state index contributed by atoms with van der Waals surface area (Å²) in [5.74, 6) is 0. The van der Waals surface area contributed by atoms with Gasteiger partial charge >= 0.3 is 0 Å². The molecule has 0 aromatic carbocycles. The number of nitrogens with zero attached hydrogens (tertiary/aromatic N) is 3. The summed E-state index contributed by atoms with van der Waals surface area (Å²) < 4.78 is 1.94. The zero-order valence-corrected chi connectivity index (χ0v) is 10.3. The van der Waals surface area contributed by atoms with Gasteiger partial charge < -0.3 is 5.32 Å². The Hall–Kier alpha value is -1.68. The van der Waals surface area contributed by atoms with Crippen LogP contribution in [0.1, 0.15) is 24.2 Å². The lowest BCUT2D eigenvalue weighted by molar-refractivity contribution is 0.575. The third-order valence-electron chi connectivity index (χ3n) is 2.84. The Balaban J connectivity index is 2.10. The van der Waals surface area contributed by atoms with Gasteiger partial charge in [0.25, 0.3) is 0 Å². The van der Waals surface area contributed by atoms with Crippen molar-refractivity contribution in [2.45, 2.75) is 25.9 Å². The average molecular weight is 230 g/mol. The highest BCUT2D eigenvalue weighted by Crippen LogP contribution is 2.15. The van der Waals surface area contributed by atoms with Crippen LogP contribution in [0.2, 0.25) is 0 Å². The Morgan fingerprint density at radius 1 is 1.41 bits per heavy atom. The second-order valence-electron chi connectivity index (χ2n) is 4.00. The van der Waals surface area contributed by atoms with Crippen molar-refractivity contribution in [2.24, 2.45) is 0 Å². The highest BCUT2D eigenvalue weighted by atomic mass is 15.3. The quantitative estimate of drug-likeness (QED) is 0.851. The van der Waals surface area contributed by atoms with Crippen LogP contribution in [0.4, 0.5) is 0 Å². The summed E-state index contributed by atoms with van der Waals surface area (Å²) in [5, 5.41) is 7.58. The van der Waals surface area contributed by atoms with Crippen LogP contribution in [0, 0.1) is 0 Å². The van der Waals surface area contributed by atoms with E-state index in [-0.39, 0.29) is 6.04 Å². The standard InChI is InChI=1S/C13H18N4/c1-3-17-10-11(9-16-17)8-13(14-2)12-6-4-5-7-15-12/h4-7,9-10,13-14H,3,8H2,1-2H3. The molecule has 2 aromatic heterocycles. The molecule has 0 saturated carbocycles. The van der Waals surface area contributed by atoms with Crippen molar-refractivity contribution >= 4 is 0 Å². The molecular weight excluding hydrogens is 212 g/mol. The number of nitrogens with one attached hydrogen (secondary N) is 1. The summed E-state index contributed by atoms with van der Waals surface area (Å²) in [4.78, 5) is 4.38. The number of pyridine rings is 1. The predicted octanol–water partition coefficient (Wildman–Crippen LogP) is 1.80. The minimum atomic E-state index is 0.241. The molecule has 0 amide bonds. The summed E-state index contributed by atoms with van der Waals surface area (Å²) in [7, 11) is 1.96. The van der Waals surface area contributed by atoms with E-state index in [0.29, 0.717) is 0 Å². The third kappa shape index (κ3) is 2.91. The summed E-state index contributed by atoms with van der Waals surface area (Å²) in [5.41, 5.74) is 2.30. The Kier molecular flexibility index (Phi) is 3.88. The molecular formula is C13H18N4. The molecule has 0 aliphatic carbocycles. The van der Waals surface area contributed by atoms with Gasteiger partial charge in [-0.05, 0) is 38.1 Å². The van der Waals surface area contributed by atoms with Crippen LogP contribution >= 0.6 is 0 Å². The average Bonchev–Trinajstić information content (AvgIpc) is 2.84. The number of rotatable bonds is 5. The molecule has 0 fully saturated rings. The second-order valence-corrected chi connectivity index (χ2v) is 4.00. The Labute approximate surface area is 102 Å². The van der Waals surface area contributed by atoms with E-state index in [0.717, 1.165) is 18.7 Å². The normalized spacial score (nSPS) is 12.6. The summed E-state index contributed by atoms with van der Waals surface area (Å²) >= 11 is 0. The molecule has 1 N–H and O–H groups in total. The highest BCUT2D eigenvalue weighted by Gasteiger charge is 2.11. The predicted molar refractivity (Wildman–Crippen MR) is 67.6 cm³/mol. The third-order valence-corrected chi connectivity index (χ3v) is 2.84. The minimum Gasteiger partial charge on any atom is -0.311 e. The lowest BCUT2D eigenvalue weighted by Gasteiger charge is -2.14. The number of likely N-dealkylation sites (N-methyl/N-ethyl adjacent to an activating group) is 1. The van der Waals surface area contributed by atoms with Gasteiger partial charge in [-0.15, -0.1) is 0 Å². The summed E-state index contributed by atoms with van der Waals surface area (Å²) in [6.07, 6.45) is 6.76. The molecule has 0 spiro atoms. The van der Waals surface area contributed by atoms with Gasteiger partial charge in [0.15, 0.2) is 0 Å². The molecule has 1 unspecified atom stereocenters. The molecule has 4 heteroatoms. The molecule has 90 valence electrons. The van der Waals surface area contributed by atoms with Crippen molar-refractivity contribution in [2.75, 3.05) is 7.05 Å². The lowest BCUT2D eigenvalue weighted by atomic mass is 10.1. The molecule has 0 radical (unpaired) electrons. The fraction of sp³-hybridized carbons (Fsp3) is 0.385. The van der Waals surface area contributed by atoms with Crippen molar-refractivity contribution in [3.8, 4) is 0 Å². The van der Waals surface area contributed by atoms with E-state index in [1.54, 1.807) is 0 Å². The Morgan fingerprint density at radius 3 is 2.88 bits per heavy atom.